The molecule has 1 unspecified atom stereocenters. The minimum absolute atomic E-state index is 0. The molecular formula is C4H10CaO2S. The zero-order valence-electron chi connectivity index (χ0n) is 4.09. The quantitative estimate of drug-likeness (QED) is 0.438. The topological polar surface area (TPSA) is 37.3 Å². The van der Waals surface area contributed by atoms with Crippen molar-refractivity contribution in [2.75, 3.05) is 0 Å². The Kier molecular flexibility index (Phi) is 9.17. The molecule has 1 atom stereocenters. The second-order valence-electron chi connectivity index (χ2n) is 1.26. The molecule has 2 nitrogen and oxygen atoms in total. The molecule has 0 saturated heterocycles. The van der Waals surface area contributed by atoms with Gasteiger partial charge in [-0.05, 0) is 6.42 Å². The van der Waals surface area contributed by atoms with E-state index in [9.17, 15) is 4.79 Å². The molecule has 0 spiro atoms. The van der Waals surface area contributed by atoms with Crippen LogP contribution in [0.5, 0.6) is 0 Å². The van der Waals surface area contributed by atoms with E-state index in [4.69, 9.17) is 5.11 Å². The summed E-state index contributed by atoms with van der Waals surface area (Å²) in [6, 6.07) is 0. The van der Waals surface area contributed by atoms with Crippen LogP contribution in [0.25, 0.3) is 0 Å². The molecule has 8 heavy (non-hydrogen) atoms. The molecule has 0 amide bonds. The van der Waals surface area contributed by atoms with Gasteiger partial charge in [0.2, 0.25) is 0 Å². The summed E-state index contributed by atoms with van der Waals surface area (Å²) in [5.41, 5.74) is 0. The zero-order valence-corrected chi connectivity index (χ0v) is 4.98. The minimum atomic E-state index is -0.842. The van der Waals surface area contributed by atoms with E-state index in [0.717, 1.165) is 0 Å². The molecule has 0 bridgehead atoms. The Morgan fingerprint density at radius 2 is 2.25 bits per heavy atom. The van der Waals surface area contributed by atoms with Gasteiger partial charge in [0, 0.05) is 0 Å². The number of carboxylic acids is 1. The van der Waals surface area contributed by atoms with Gasteiger partial charge in [-0.15, -0.1) is 0 Å². The van der Waals surface area contributed by atoms with Crippen LogP contribution in [0.15, 0.2) is 0 Å². The molecule has 0 aliphatic heterocycles. The third-order valence-corrected chi connectivity index (χ3v) is 1.26. The Balaban J connectivity index is 0. The summed E-state index contributed by atoms with van der Waals surface area (Å²) in [5, 5.41) is 7.62. The fourth-order valence-electron chi connectivity index (χ4n) is 0.175. The van der Waals surface area contributed by atoms with E-state index in [0.29, 0.717) is 6.42 Å². The van der Waals surface area contributed by atoms with Crippen molar-refractivity contribution in [3.63, 3.8) is 0 Å². The number of aliphatic carboxylic acids is 1. The van der Waals surface area contributed by atoms with Gasteiger partial charge in [-0.25, -0.2) is 0 Å². The van der Waals surface area contributed by atoms with Crippen LogP contribution in [0, 0.1) is 0 Å². The van der Waals surface area contributed by atoms with Crippen LogP contribution in [0.1, 0.15) is 13.3 Å². The second-order valence-corrected chi connectivity index (χ2v) is 1.89. The van der Waals surface area contributed by atoms with Gasteiger partial charge in [-0.2, -0.15) is 12.6 Å². The summed E-state index contributed by atoms with van der Waals surface area (Å²) < 4.78 is 0. The van der Waals surface area contributed by atoms with Crippen molar-refractivity contribution in [1.29, 1.82) is 0 Å². The van der Waals surface area contributed by atoms with Gasteiger partial charge in [-0.3, -0.25) is 4.79 Å². The van der Waals surface area contributed by atoms with Crippen LogP contribution in [0.2, 0.25) is 0 Å². The average Bonchev–Trinajstić information content (AvgIpc) is 1.65. The van der Waals surface area contributed by atoms with Gasteiger partial charge in [0.15, 0.2) is 0 Å². The first-order chi connectivity index (χ1) is 3.18. The first-order valence-corrected chi connectivity index (χ1v) is 2.61. The molecule has 0 aliphatic carbocycles. The van der Waals surface area contributed by atoms with E-state index in [1.807, 2.05) is 0 Å². The Morgan fingerprint density at radius 3 is 2.25 bits per heavy atom. The number of carboxylic acid groups (broad SMARTS) is 1. The fourth-order valence-corrected chi connectivity index (χ4v) is 0.175. The maximum atomic E-state index is 9.85. The number of hydrogen-bond acceptors (Lipinski definition) is 2. The Labute approximate surface area is 84.1 Å². The van der Waals surface area contributed by atoms with Crippen LogP contribution < -0.4 is 0 Å². The molecule has 1 N–H and O–H groups in total. The van der Waals surface area contributed by atoms with E-state index in [1.54, 1.807) is 6.92 Å². The van der Waals surface area contributed by atoms with Crippen molar-refractivity contribution in [1.82, 2.24) is 0 Å². The van der Waals surface area contributed by atoms with Crippen molar-refractivity contribution in [2.45, 2.75) is 18.6 Å². The molecule has 0 aromatic carbocycles. The number of rotatable bonds is 2. The molecule has 0 rings (SSSR count). The van der Waals surface area contributed by atoms with Crippen LogP contribution in [-0.2, 0) is 4.79 Å². The summed E-state index contributed by atoms with van der Waals surface area (Å²) in [6.07, 6.45) is 0.582. The molecule has 0 aliphatic rings. The van der Waals surface area contributed by atoms with Crippen molar-refractivity contribution in [3.05, 3.63) is 0 Å². The second kappa shape index (κ2) is 6.20. The fraction of sp³-hybridized carbons (Fsp3) is 0.750. The predicted octanol–water partition coefficient (Wildman–Crippen LogP) is -0.137. The summed E-state index contributed by atoms with van der Waals surface area (Å²) in [5.74, 6) is -0.842. The summed E-state index contributed by atoms with van der Waals surface area (Å²) in [4.78, 5) is 9.85. The van der Waals surface area contributed by atoms with Crippen molar-refractivity contribution in [3.8, 4) is 0 Å². The van der Waals surface area contributed by atoms with Crippen molar-refractivity contribution >= 4 is 56.3 Å². The number of hydrogen-bond donors (Lipinski definition) is 2. The maximum absolute atomic E-state index is 9.85. The molecule has 0 radical (unpaired) electrons. The van der Waals surface area contributed by atoms with Gasteiger partial charge in [0.1, 0.15) is 0 Å². The third kappa shape index (κ3) is 5.22. The number of thiol groups is 1. The van der Waals surface area contributed by atoms with E-state index in [2.05, 4.69) is 12.6 Å². The van der Waals surface area contributed by atoms with Gasteiger partial charge in [0.05, 0.1) is 5.25 Å². The first kappa shape index (κ1) is 11.8. The standard InChI is InChI=1S/C4H8O2S.Ca.2H/c1-2-3(7)4(5)6;;;/h3,7H,2H2,1H3,(H,5,6);;;. The molecule has 0 saturated carbocycles. The number of carbonyl (C=O) groups is 1. The van der Waals surface area contributed by atoms with Crippen molar-refractivity contribution < 1.29 is 9.90 Å². The molecular weight excluding hydrogens is 152 g/mol. The molecule has 0 fully saturated rings. The van der Waals surface area contributed by atoms with Gasteiger partial charge in [-0.1, -0.05) is 6.92 Å². The monoisotopic (exact) mass is 162 g/mol. The van der Waals surface area contributed by atoms with E-state index < -0.39 is 11.2 Å². The van der Waals surface area contributed by atoms with Crippen LogP contribution >= 0.6 is 12.6 Å². The SMILES string of the molecule is CCC(S)C(=O)O.[CaH2]. The van der Waals surface area contributed by atoms with Crippen LogP contribution in [-0.4, -0.2) is 54.1 Å². The Bertz CT molecular complexity index is 76.4. The van der Waals surface area contributed by atoms with Gasteiger partial charge >= 0.3 is 43.7 Å². The summed E-state index contributed by atoms with van der Waals surface area (Å²) in [6.45, 7) is 1.78. The summed E-state index contributed by atoms with van der Waals surface area (Å²) in [7, 11) is 0. The van der Waals surface area contributed by atoms with Gasteiger partial charge in [0.25, 0.3) is 0 Å². The van der Waals surface area contributed by atoms with E-state index in [1.165, 1.54) is 0 Å². The van der Waals surface area contributed by atoms with E-state index in [-0.39, 0.29) is 37.7 Å². The Morgan fingerprint density at radius 1 is 1.88 bits per heavy atom. The van der Waals surface area contributed by atoms with Crippen LogP contribution in [0.3, 0.4) is 0 Å². The Hall–Kier alpha value is 1.08. The summed E-state index contributed by atoms with van der Waals surface area (Å²) >= 11 is 3.73. The molecule has 0 heterocycles. The van der Waals surface area contributed by atoms with E-state index >= 15 is 0 Å². The third-order valence-electron chi connectivity index (χ3n) is 0.672. The average molecular weight is 162 g/mol. The van der Waals surface area contributed by atoms with Crippen molar-refractivity contribution in [2.24, 2.45) is 0 Å². The normalized spacial score (nSPS) is 11.8. The molecule has 46 valence electrons. The van der Waals surface area contributed by atoms with Crippen LogP contribution in [0.4, 0.5) is 0 Å². The zero-order chi connectivity index (χ0) is 5.86. The van der Waals surface area contributed by atoms with Gasteiger partial charge < -0.3 is 5.11 Å². The predicted molar refractivity (Wildman–Crippen MR) is 39.2 cm³/mol. The molecule has 4 heteroatoms. The molecule has 0 aromatic heterocycles. The molecule has 0 aromatic rings. The first-order valence-electron chi connectivity index (χ1n) is 2.09.